The zero-order valence-electron chi connectivity index (χ0n) is 7.64. The van der Waals surface area contributed by atoms with Crippen LogP contribution in [0.5, 0.6) is 0 Å². The van der Waals surface area contributed by atoms with Crippen molar-refractivity contribution >= 4 is 5.91 Å². The number of nitrogens with one attached hydrogen (secondary N) is 1. The summed E-state index contributed by atoms with van der Waals surface area (Å²) in [5, 5.41) is 2.74. The lowest BCUT2D eigenvalue weighted by molar-refractivity contribution is -0.125. The molecule has 0 aromatic carbocycles. The van der Waals surface area contributed by atoms with Gasteiger partial charge in [-0.15, -0.1) is 0 Å². The number of carbonyl (C=O) groups is 1. The van der Waals surface area contributed by atoms with Crippen LogP contribution in [0.1, 0.15) is 19.8 Å². The maximum atomic E-state index is 10.9. The van der Waals surface area contributed by atoms with Crippen molar-refractivity contribution in [2.24, 2.45) is 5.73 Å². The van der Waals surface area contributed by atoms with Gasteiger partial charge in [0.2, 0.25) is 5.91 Å². The Hall–Kier alpha value is -0.610. The van der Waals surface area contributed by atoms with Gasteiger partial charge in [-0.1, -0.05) is 13.3 Å². The van der Waals surface area contributed by atoms with E-state index in [1.807, 2.05) is 0 Å². The molecule has 0 aliphatic heterocycles. The van der Waals surface area contributed by atoms with Crippen LogP contribution in [0.25, 0.3) is 0 Å². The molecule has 0 heterocycles. The van der Waals surface area contributed by atoms with Gasteiger partial charge in [0.15, 0.2) is 0 Å². The summed E-state index contributed by atoms with van der Waals surface area (Å²) in [7, 11) is 0. The molecule has 0 aromatic heterocycles. The summed E-state index contributed by atoms with van der Waals surface area (Å²) in [5.74, 6) is -0.0584. The van der Waals surface area contributed by atoms with Gasteiger partial charge in [0, 0.05) is 13.1 Å². The normalized spacial score (nSPS) is 9.83. The van der Waals surface area contributed by atoms with Crippen molar-refractivity contribution < 1.29 is 9.53 Å². The van der Waals surface area contributed by atoms with Crippen LogP contribution < -0.4 is 11.1 Å². The van der Waals surface area contributed by atoms with E-state index in [1.165, 1.54) is 0 Å². The molecule has 0 unspecified atom stereocenters. The van der Waals surface area contributed by atoms with Crippen LogP contribution in [-0.4, -0.2) is 32.2 Å². The van der Waals surface area contributed by atoms with Gasteiger partial charge in [-0.25, -0.2) is 0 Å². The van der Waals surface area contributed by atoms with Gasteiger partial charge in [0.1, 0.15) is 6.61 Å². The fourth-order valence-electron chi connectivity index (χ4n) is 0.704. The first-order valence-electron chi connectivity index (χ1n) is 4.35. The minimum absolute atomic E-state index is 0.0584. The Morgan fingerprint density at radius 2 is 2.33 bits per heavy atom. The lowest BCUT2D eigenvalue weighted by Gasteiger charge is -2.03. The highest BCUT2D eigenvalue weighted by Gasteiger charge is 1.98. The second-order valence-electron chi connectivity index (χ2n) is 2.54. The molecule has 0 aliphatic carbocycles. The molecular weight excluding hydrogens is 156 g/mol. The Kier molecular flexibility index (Phi) is 8.05. The smallest absolute Gasteiger partial charge is 0.245 e. The van der Waals surface area contributed by atoms with Crippen LogP contribution in [-0.2, 0) is 9.53 Å². The molecule has 3 N–H and O–H groups in total. The van der Waals surface area contributed by atoms with Gasteiger partial charge in [0.25, 0.3) is 0 Å². The molecule has 12 heavy (non-hydrogen) atoms. The van der Waals surface area contributed by atoms with Crippen LogP contribution in [0.3, 0.4) is 0 Å². The van der Waals surface area contributed by atoms with E-state index in [1.54, 1.807) is 0 Å². The molecule has 0 radical (unpaired) electrons. The summed E-state index contributed by atoms with van der Waals surface area (Å²) in [6.45, 7) is 3.85. The molecule has 0 saturated carbocycles. The van der Waals surface area contributed by atoms with Crippen molar-refractivity contribution in [2.45, 2.75) is 19.8 Å². The molecule has 0 rings (SSSR count). The summed E-state index contributed by atoms with van der Waals surface area (Å²) >= 11 is 0. The number of nitrogens with two attached hydrogens (primary N) is 1. The number of hydrogen-bond donors (Lipinski definition) is 2. The van der Waals surface area contributed by atoms with Crippen molar-refractivity contribution in [3.8, 4) is 0 Å². The predicted molar refractivity (Wildman–Crippen MR) is 47.8 cm³/mol. The number of ether oxygens (including phenoxy) is 1. The lowest BCUT2D eigenvalue weighted by Crippen LogP contribution is -2.29. The first-order chi connectivity index (χ1) is 5.81. The van der Waals surface area contributed by atoms with Gasteiger partial charge in [-0.2, -0.15) is 0 Å². The molecule has 0 saturated heterocycles. The van der Waals surface area contributed by atoms with Crippen molar-refractivity contribution in [2.75, 3.05) is 26.3 Å². The molecule has 0 bridgehead atoms. The number of amides is 1. The average Bonchev–Trinajstić information content (AvgIpc) is 2.06. The molecule has 4 nitrogen and oxygen atoms in total. The van der Waals surface area contributed by atoms with E-state index >= 15 is 0 Å². The molecule has 4 heteroatoms. The number of carbonyl (C=O) groups excluding carboxylic acids is 1. The molecule has 0 atom stereocenters. The highest BCUT2D eigenvalue weighted by molar-refractivity contribution is 5.77. The summed E-state index contributed by atoms with van der Waals surface area (Å²) in [5.41, 5.74) is 5.18. The van der Waals surface area contributed by atoms with Crippen LogP contribution in [0, 0.1) is 0 Å². The fraction of sp³-hybridized carbons (Fsp3) is 0.875. The SMILES string of the molecule is CCCCNC(=O)COCCN. The third-order valence-electron chi connectivity index (χ3n) is 1.35. The Bertz CT molecular complexity index is 106. The Balaban J connectivity index is 3.10. The first kappa shape index (κ1) is 11.4. The largest absolute Gasteiger partial charge is 0.370 e. The molecular formula is C8H18N2O2. The van der Waals surface area contributed by atoms with E-state index in [9.17, 15) is 4.79 Å². The van der Waals surface area contributed by atoms with Gasteiger partial charge >= 0.3 is 0 Å². The maximum absolute atomic E-state index is 10.9. The zero-order chi connectivity index (χ0) is 9.23. The third-order valence-corrected chi connectivity index (χ3v) is 1.35. The monoisotopic (exact) mass is 174 g/mol. The summed E-state index contributed by atoms with van der Waals surface area (Å²) in [4.78, 5) is 10.9. The van der Waals surface area contributed by atoms with E-state index in [0.717, 1.165) is 19.4 Å². The first-order valence-corrected chi connectivity index (χ1v) is 4.35. The summed E-state index contributed by atoms with van der Waals surface area (Å²) < 4.78 is 4.94. The topological polar surface area (TPSA) is 64.3 Å². The highest BCUT2D eigenvalue weighted by atomic mass is 16.5. The van der Waals surface area contributed by atoms with Gasteiger partial charge in [0.05, 0.1) is 6.61 Å². The molecule has 0 fully saturated rings. The second-order valence-corrected chi connectivity index (χ2v) is 2.54. The molecule has 0 aromatic rings. The third kappa shape index (κ3) is 7.50. The van der Waals surface area contributed by atoms with Crippen LogP contribution >= 0.6 is 0 Å². The molecule has 0 aliphatic rings. The van der Waals surface area contributed by atoms with Crippen molar-refractivity contribution in [3.63, 3.8) is 0 Å². The van der Waals surface area contributed by atoms with Crippen molar-refractivity contribution in [1.29, 1.82) is 0 Å². The highest BCUT2D eigenvalue weighted by Crippen LogP contribution is 1.82. The predicted octanol–water partition coefficient (Wildman–Crippen LogP) is -0.122. The van der Waals surface area contributed by atoms with E-state index in [0.29, 0.717) is 13.2 Å². The van der Waals surface area contributed by atoms with Crippen LogP contribution in [0.2, 0.25) is 0 Å². The summed E-state index contributed by atoms with van der Waals surface area (Å²) in [6.07, 6.45) is 2.10. The van der Waals surface area contributed by atoms with Gasteiger partial charge in [-0.05, 0) is 6.42 Å². The van der Waals surface area contributed by atoms with E-state index in [4.69, 9.17) is 10.5 Å². The van der Waals surface area contributed by atoms with E-state index < -0.39 is 0 Å². The Labute approximate surface area is 73.5 Å². The number of hydrogen-bond acceptors (Lipinski definition) is 3. The Morgan fingerprint density at radius 1 is 1.58 bits per heavy atom. The van der Waals surface area contributed by atoms with Gasteiger partial charge < -0.3 is 15.8 Å². The standard InChI is InChI=1S/C8H18N2O2/c1-2-3-5-10-8(11)7-12-6-4-9/h2-7,9H2,1H3,(H,10,11). The Morgan fingerprint density at radius 3 is 2.92 bits per heavy atom. The van der Waals surface area contributed by atoms with Crippen LogP contribution in [0.15, 0.2) is 0 Å². The van der Waals surface area contributed by atoms with Crippen LogP contribution in [0.4, 0.5) is 0 Å². The van der Waals surface area contributed by atoms with Crippen molar-refractivity contribution in [1.82, 2.24) is 5.32 Å². The lowest BCUT2D eigenvalue weighted by atomic mass is 10.3. The summed E-state index contributed by atoms with van der Waals surface area (Å²) in [6, 6.07) is 0. The fourth-order valence-corrected chi connectivity index (χ4v) is 0.704. The molecule has 1 amide bonds. The average molecular weight is 174 g/mol. The minimum Gasteiger partial charge on any atom is -0.370 e. The van der Waals surface area contributed by atoms with Crippen molar-refractivity contribution in [3.05, 3.63) is 0 Å². The zero-order valence-corrected chi connectivity index (χ0v) is 7.64. The maximum Gasteiger partial charge on any atom is 0.245 e. The number of rotatable bonds is 7. The quantitative estimate of drug-likeness (QED) is 0.529. The van der Waals surface area contributed by atoms with E-state index in [-0.39, 0.29) is 12.5 Å². The second kappa shape index (κ2) is 8.49. The molecule has 72 valence electrons. The van der Waals surface area contributed by atoms with Gasteiger partial charge in [-0.3, -0.25) is 4.79 Å². The van der Waals surface area contributed by atoms with E-state index in [2.05, 4.69) is 12.2 Å². The minimum atomic E-state index is -0.0584. The molecule has 0 spiro atoms. The number of unbranched alkanes of at least 4 members (excludes halogenated alkanes) is 1.